The molecule has 0 aliphatic carbocycles. The SMILES string of the molecule is CCOc1ccc(N2C(=O)CS[C@H]2c2ccc(N)cc2)cc1. The molecule has 3 rings (SSSR count). The number of nitrogen functional groups attached to an aromatic ring is 1. The fraction of sp³-hybridized carbons (Fsp3) is 0.235. The van der Waals surface area contributed by atoms with Crippen LogP contribution in [0.5, 0.6) is 5.75 Å². The quantitative estimate of drug-likeness (QED) is 0.878. The van der Waals surface area contributed by atoms with Crippen LogP contribution in [-0.4, -0.2) is 18.3 Å². The van der Waals surface area contributed by atoms with E-state index in [9.17, 15) is 4.79 Å². The number of amides is 1. The van der Waals surface area contributed by atoms with Gasteiger partial charge in [-0.15, -0.1) is 11.8 Å². The normalized spacial score (nSPS) is 17.8. The highest BCUT2D eigenvalue weighted by Gasteiger charge is 2.33. The lowest BCUT2D eigenvalue weighted by atomic mass is 10.1. The third-order valence-electron chi connectivity index (χ3n) is 3.52. The van der Waals surface area contributed by atoms with Gasteiger partial charge in [0.1, 0.15) is 11.1 Å². The van der Waals surface area contributed by atoms with Crippen molar-refractivity contribution < 1.29 is 9.53 Å². The molecule has 22 heavy (non-hydrogen) atoms. The molecule has 1 aliphatic rings. The van der Waals surface area contributed by atoms with Gasteiger partial charge in [-0.3, -0.25) is 9.69 Å². The van der Waals surface area contributed by atoms with Crippen LogP contribution in [0.15, 0.2) is 48.5 Å². The van der Waals surface area contributed by atoms with Crippen LogP contribution < -0.4 is 15.4 Å². The van der Waals surface area contributed by atoms with E-state index in [2.05, 4.69) is 0 Å². The highest BCUT2D eigenvalue weighted by Crippen LogP contribution is 2.42. The summed E-state index contributed by atoms with van der Waals surface area (Å²) in [5.41, 5.74) is 8.44. The highest BCUT2D eigenvalue weighted by atomic mass is 32.2. The van der Waals surface area contributed by atoms with Crippen molar-refractivity contribution in [3.05, 3.63) is 54.1 Å². The van der Waals surface area contributed by atoms with Crippen molar-refractivity contribution in [1.29, 1.82) is 0 Å². The van der Waals surface area contributed by atoms with Gasteiger partial charge in [0.2, 0.25) is 5.91 Å². The van der Waals surface area contributed by atoms with E-state index in [1.807, 2.05) is 60.4 Å². The van der Waals surface area contributed by atoms with E-state index >= 15 is 0 Å². The van der Waals surface area contributed by atoms with E-state index in [1.165, 1.54) is 0 Å². The van der Waals surface area contributed by atoms with E-state index < -0.39 is 0 Å². The first-order valence-corrected chi connectivity index (χ1v) is 8.26. The van der Waals surface area contributed by atoms with E-state index in [0.29, 0.717) is 12.4 Å². The second kappa shape index (κ2) is 6.32. The molecule has 0 bridgehead atoms. The molecular weight excluding hydrogens is 296 g/mol. The number of nitrogens with two attached hydrogens (primary N) is 1. The third kappa shape index (κ3) is 2.90. The first-order valence-electron chi connectivity index (χ1n) is 7.21. The molecule has 1 saturated heterocycles. The fourth-order valence-electron chi connectivity index (χ4n) is 2.48. The maximum Gasteiger partial charge on any atom is 0.238 e. The first-order chi connectivity index (χ1) is 10.7. The summed E-state index contributed by atoms with van der Waals surface area (Å²) < 4.78 is 5.45. The van der Waals surface area contributed by atoms with Crippen molar-refractivity contribution in [3.63, 3.8) is 0 Å². The lowest BCUT2D eigenvalue weighted by Gasteiger charge is -2.24. The van der Waals surface area contributed by atoms with Gasteiger partial charge in [0.15, 0.2) is 0 Å². The second-order valence-corrected chi connectivity index (χ2v) is 6.09. The summed E-state index contributed by atoms with van der Waals surface area (Å²) >= 11 is 1.63. The molecule has 0 radical (unpaired) electrons. The molecule has 0 unspecified atom stereocenters. The number of ether oxygens (including phenoxy) is 1. The number of nitrogens with zero attached hydrogens (tertiary/aromatic N) is 1. The first kappa shape index (κ1) is 14.8. The molecule has 0 spiro atoms. The number of carbonyl (C=O) groups is 1. The summed E-state index contributed by atoms with van der Waals surface area (Å²) in [6.45, 7) is 2.58. The molecular formula is C17H18N2O2S. The molecule has 2 aromatic rings. The Hall–Kier alpha value is -2.14. The Morgan fingerprint density at radius 1 is 1.18 bits per heavy atom. The number of hydrogen-bond acceptors (Lipinski definition) is 4. The average molecular weight is 314 g/mol. The van der Waals surface area contributed by atoms with Crippen LogP contribution in [0.2, 0.25) is 0 Å². The van der Waals surface area contributed by atoms with E-state index in [0.717, 1.165) is 22.7 Å². The van der Waals surface area contributed by atoms with E-state index in [1.54, 1.807) is 11.8 Å². The zero-order chi connectivity index (χ0) is 15.5. The monoisotopic (exact) mass is 314 g/mol. The number of carbonyl (C=O) groups excluding carboxylic acids is 1. The summed E-state index contributed by atoms with van der Waals surface area (Å²) in [6, 6.07) is 15.4. The van der Waals surface area contributed by atoms with Crippen molar-refractivity contribution in [2.24, 2.45) is 0 Å². The van der Waals surface area contributed by atoms with Crippen molar-refractivity contribution >= 4 is 29.0 Å². The van der Waals surface area contributed by atoms with Gasteiger partial charge >= 0.3 is 0 Å². The Kier molecular flexibility index (Phi) is 4.24. The molecule has 2 aromatic carbocycles. The van der Waals surface area contributed by atoms with Crippen molar-refractivity contribution in [1.82, 2.24) is 0 Å². The summed E-state index contributed by atoms with van der Waals surface area (Å²) in [5.74, 6) is 1.42. The summed E-state index contributed by atoms with van der Waals surface area (Å²) in [6.07, 6.45) is 0. The van der Waals surface area contributed by atoms with Gasteiger partial charge in [-0.1, -0.05) is 12.1 Å². The van der Waals surface area contributed by atoms with Gasteiger partial charge in [-0.25, -0.2) is 0 Å². The highest BCUT2D eigenvalue weighted by molar-refractivity contribution is 8.00. The Labute approximate surface area is 134 Å². The topological polar surface area (TPSA) is 55.6 Å². The predicted octanol–water partition coefficient (Wildman–Crippen LogP) is 3.45. The van der Waals surface area contributed by atoms with Gasteiger partial charge in [0.05, 0.1) is 12.4 Å². The summed E-state index contributed by atoms with van der Waals surface area (Å²) in [4.78, 5) is 14.1. The van der Waals surface area contributed by atoms with Crippen molar-refractivity contribution in [3.8, 4) is 5.75 Å². The summed E-state index contributed by atoms with van der Waals surface area (Å²) in [5, 5.41) is -0.00829. The Balaban J connectivity index is 1.88. The number of anilines is 2. The average Bonchev–Trinajstić information content (AvgIpc) is 2.91. The molecule has 1 atom stereocenters. The van der Waals surface area contributed by atoms with Gasteiger partial charge in [0, 0.05) is 11.4 Å². The molecule has 5 heteroatoms. The van der Waals surface area contributed by atoms with Crippen molar-refractivity contribution in [2.75, 3.05) is 23.0 Å². The van der Waals surface area contributed by atoms with Crippen molar-refractivity contribution in [2.45, 2.75) is 12.3 Å². The number of thioether (sulfide) groups is 1. The molecule has 1 aliphatic heterocycles. The van der Waals surface area contributed by atoms with Crippen LogP contribution in [-0.2, 0) is 4.79 Å². The van der Waals surface area contributed by atoms with Gasteiger partial charge < -0.3 is 10.5 Å². The van der Waals surface area contributed by atoms with Gasteiger partial charge in [-0.2, -0.15) is 0 Å². The molecule has 1 fully saturated rings. The molecule has 1 heterocycles. The lowest BCUT2D eigenvalue weighted by Crippen LogP contribution is -2.27. The Bertz CT molecular complexity index is 655. The van der Waals surface area contributed by atoms with Crippen LogP contribution in [0.1, 0.15) is 17.9 Å². The Morgan fingerprint density at radius 2 is 1.86 bits per heavy atom. The maximum atomic E-state index is 12.3. The number of rotatable bonds is 4. The number of benzene rings is 2. The van der Waals surface area contributed by atoms with Crippen LogP contribution >= 0.6 is 11.8 Å². The number of hydrogen-bond donors (Lipinski definition) is 1. The maximum absolute atomic E-state index is 12.3. The summed E-state index contributed by atoms with van der Waals surface area (Å²) in [7, 11) is 0. The molecule has 0 aromatic heterocycles. The molecule has 2 N–H and O–H groups in total. The van der Waals surface area contributed by atoms with Crippen LogP contribution in [0.25, 0.3) is 0 Å². The van der Waals surface area contributed by atoms with E-state index in [4.69, 9.17) is 10.5 Å². The van der Waals surface area contributed by atoms with Crippen LogP contribution in [0, 0.1) is 0 Å². The van der Waals surface area contributed by atoms with E-state index in [-0.39, 0.29) is 11.3 Å². The largest absolute Gasteiger partial charge is 0.494 e. The zero-order valence-corrected chi connectivity index (χ0v) is 13.2. The molecule has 1 amide bonds. The third-order valence-corrected chi connectivity index (χ3v) is 4.73. The minimum atomic E-state index is -0.00829. The second-order valence-electron chi connectivity index (χ2n) is 5.02. The smallest absolute Gasteiger partial charge is 0.238 e. The fourth-order valence-corrected chi connectivity index (χ4v) is 3.66. The van der Waals surface area contributed by atoms with Gasteiger partial charge in [-0.05, 0) is 48.9 Å². The van der Waals surface area contributed by atoms with Crippen LogP contribution in [0.3, 0.4) is 0 Å². The predicted molar refractivity (Wildman–Crippen MR) is 91.2 cm³/mol. The standard InChI is InChI=1S/C17H18N2O2S/c1-2-21-15-9-7-14(8-10-15)19-16(20)11-22-17(19)12-3-5-13(18)6-4-12/h3-10,17H,2,11,18H2,1H3/t17-/m0/s1. The Morgan fingerprint density at radius 3 is 2.50 bits per heavy atom. The molecule has 0 saturated carbocycles. The molecule has 114 valence electrons. The lowest BCUT2D eigenvalue weighted by molar-refractivity contribution is -0.115. The van der Waals surface area contributed by atoms with Crippen LogP contribution in [0.4, 0.5) is 11.4 Å². The minimum absolute atomic E-state index is 0.00829. The minimum Gasteiger partial charge on any atom is -0.494 e. The zero-order valence-electron chi connectivity index (χ0n) is 12.4. The molecule has 4 nitrogen and oxygen atoms in total. The van der Waals surface area contributed by atoms with Gasteiger partial charge in [0.25, 0.3) is 0 Å².